The van der Waals surface area contributed by atoms with E-state index in [1.54, 1.807) is 20.0 Å². The van der Waals surface area contributed by atoms with Crippen molar-refractivity contribution in [2.45, 2.75) is 26.0 Å². The van der Waals surface area contributed by atoms with Crippen LogP contribution in [0, 0.1) is 11.6 Å². The highest BCUT2D eigenvalue weighted by Crippen LogP contribution is 2.27. The Labute approximate surface area is 122 Å². The fourth-order valence-corrected chi connectivity index (χ4v) is 2.39. The van der Waals surface area contributed by atoms with Crippen LogP contribution in [0.15, 0.2) is 24.4 Å². The molecule has 0 aliphatic carbocycles. The molecule has 114 valence electrons. The van der Waals surface area contributed by atoms with Gasteiger partial charge in [-0.2, -0.15) is 5.10 Å². The summed E-state index contributed by atoms with van der Waals surface area (Å²) < 4.78 is 27.7. The van der Waals surface area contributed by atoms with Gasteiger partial charge in [0, 0.05) is 18.7 Å². The summed E-state index contributed by atoms with van der Waals surface area (Å²) in [7, 11) is 1.83. The van der Waals surface area contributed by atoms with Crippen molar-refractivity contribution in [2.24, 2.45) is 0 Å². The van der Waals surface area contributed by atoms with Crippen LogP contribution in [0.25, 0.3) is 11.3 Å². The smallest absolute Gasteiger partial charge is 0.135 e. The zero-order valence-corrected chi connectivity index (χ0v) is 12.3. The van der Waals surface area contributed by atoms with Crippen molar-refractivity contribution in [1.29, 1.82) is 0 Å². The van der Waals surface area contributed by atoms with E-state index in [2.05, 4.69) is 10.2 Å². The van der Waals surface area contributed by atoms with Crippen LogP contribution < -0.4 is 0 Å². The van der Waals surface area contributed by atoms with Gasteiger partial charge in [-0.15, -0.1) is 0 Å². The molecule has 0 amide bonds. The van der Waals surface area contributed by atoms with Crippen molar-refractivity contribution >= 4 is 0 Å². The Morgan fingerprint density at radius 1 is 1.29 bits per heavy atom. The average Bonchev–Trinajstić information content (AvgIpc) is 2.74. The van der Waals surface area contributed by atoms with Crippen molar-refractivity contribution in [2.75, 3.05) is 13.6 Å². The molecular weight excluding hydrogens is 276 g/mol. The summed E-state index contributed by atoms with van der Waals surface area (Å²) in [4.78, 5) is 1.87. The van der Waals surface area contributed by atoms with Crippen molar-refractivity contribution in [1.82, 2.24) is 15.1 Å². The molecule has 1 aromatic carbocycles. The normalized spacial score (nSPS) is 12.1. The Morgan fingerprint density at radius 3 is 2.48 bits per heavy atom. The monoisotopic (exact) mass is 295 g/mol. The van der Waals surface area contributed by atoms with E-state index in [-0.39, 0.29) is 5.56 Å². The molecule has 21 heavy (non-hydrogen) atoms. The summed E-state index contributed by atoms with van der Waals surface area (Å²) in [6, 6.07) is 3.75. The first-order valence-electron chi connectivity index (χ1n) is 6.65. The summed E-state index contributed by atoms with van der Waals surface area (Å²) in [6.45, 7) is 4.26. The number of aromatic nitrogens is 2. The summed E-state index contributed by atoms with van der Waals surface area (Å²) in [5, 5.41) is 16.3. The topological polar surface area (TPSA) is 52.2 Å². The first-order valence-corrected chi connectivity index (χ1v) is 6.65. The van der Waals surface area contributed by atoms with Crippen LogP contribution in [0.3, 0.4) is 0 Å². The Kier molecular flexibility index (Phi) is 4.39. The molecule has 0 bridgehead atoms. The van der Waals surface area contributed by atoms with Gasteiger partial charge in [-0.25, -0.2) is 8.78 Å². The van der Waals surface area contributed by atoms with Crippen molar-refractivity contribution in [3.63, 3.8) is 0 Å². The van der Waals surface area contributed by atoms with Gasteiger partial charge >= 0.3 is 0 Å². The second-order valence-electron chi connectivity index (χ2n) is 5.85. The molecule has 0 spiro atoms. The Morgan fingerprint density at radius 2 is 1.90 bits per heavy atom. The van der Waals surface area contributed by atoms with Crippen LogP contribution >= 0.6 is 0 Å². The summed E-state index contributed by atoms with van der Waals surface area (Å²) >= 11 is 0. The van der Waals surface area contributed by atoms with Crippen LogP contribution in [0.4, 0.5) is 8.78 Å². The zero-order valence-electron chi connectivity index (χ0n) is 12.3. The number of aromatic amines is 1. The van der Waals surface area contributed by atoms with E-state index < -0.39 is 17.2 Å². The van der Waals surface area contributed by atoms with Crippen LogP contribution in [0.5, 0.6) is 0 Å². The predicted molar refractivity (Wildman–Crippen MR) is 76.6 cm³/mol. The molecule has 4 nitrogen and oxygen atoms in total. The van der Waals surface area contributed by atoms with Gasteiger partial charge in [0.1, 0.15) is 11.6 Å². The Balaban J connectivity index is 2.27. The minimum Gasteiger partial charge on any atom is -0.389 e. The Bertz CT molecular complexity index is 599. The highest BCUT2D eigenvalue weighted by atomic mass is 19.1. The number of hydrogen-bond donors (Lipinski definition) is 2. The molecular formula is C15H19F2N3O. The number of rotatable bonds is 5. The fourth-order valence-electron chi connectivity index (χ4n) is 2.39. The fraction of sp³-hybridized carbons (Fsp3) is 0.400. The lowest BCUT2D eigenvalue weighted by atomic mass is 10.1. The standard InChI is InChI=1S/C15H19F2N3O/c1-15(2,21)9-20(3)8-10-7-18-19-14(10)13-11(16)5-4-6-12(13)17/h4-7,21H,8-9H2,1-3H3,(H,18,19). The number of likely N-dealkylation sites (N-methyl/N-ethyl adjacent to an activating group) is 1. The molecule has 0 unspecified atom stereocenters. The molecule has 0 aliphatic rings. The lowest BCUT2D eigenvalue weighted by Crippen LogP contribution is -2.35. The van der Waals surface area contributed by atoms with Crippen molar-refractivity contribution in [3.8, 4) is 11.3 Å². The maximum atomic E-state index is 13.9. The van der Waals surface area contributed by atoms with Crippen LogP contribution in [0.2, 0.25) is 0 Å². The van der Waals surface area contributed by atoms with Gasteiger partial charge in [0.15, 0.2) is 0 Å². The molecule has 0 radical (unpaired) electrons. The molecule has 0 aliphatic heterocycles. The molecule has 1 heterocycles. The molecule has 2 aromatic rings. The third-order valence-corrected chi connectivity index (χ3v) is 3.03. The van der Waals surface area contributed by atoms with Gasteiger partial charge in [-0.1, -0.05) is 6.07 Å². The molecule has 2 N–H and O–H groups in total. The van der Waals surface area contributed by atoms with E-state index in [1.165, 1.54) is 18.2 Å². The number of benzene rings is 1. The summed E-state index contributed by atoms with van der Waals surface area (Å²) in [5.41, 5.74) is 0.0441. The molecule has 1 aromatic heterocycles. The van der Waals surface area contributed by atoms with Gasteiger partial charge < -0.3 is 5.11 Å². The summed E-state index contributed by atoms with van der Waals surface area (Å²) in [6.07, 6.45) is 1.54. The SMILES string of the molecule is CN(Cc1cn[nH]c1-c1c(F)cccc1F)CC(C)(C)O. The number of nitrogens with zero attached hydrogens (tertiary/aromatic N) is 2. The first kappa shape index (κ1) is 15.6. The number of nitrogens with one attached hydrogen (secondary N) is 1. The molecule has 2 rings (SSSR count). The second-order valence-corrected chi connectivity index (χ2v) is 5.85. The Hall–Kier alpha value is -1.79. The maximum Gasteiger partial charge on any atom is 0.135 e. The van der Waals surface area contributed by atoms with E-state index in [0.717, 1.165) is 0 Å². The highest BCUT2D eigenvalue weighted by molar-refractivity contribution is 5.64. The van der Waals surface area contributed by atoms with Gasteiger partial charge in [-0.3, -0.25) is 10.00 Å². The zero-order chi connectivity index (χ0) is 15.6. The molecule has 0 fully saturated rings. The number of aliphatic hydroxyl groups is 1. The van der Waals surface area contributed by atoms with Gasteiger partial charge in [0.2, 0.25) is 0 Å². The number of H-pyrrole nitrogens is 1. The van der Waals surface area contributed by atoms with Gasteiger partial charge in [0.25, 0.3) is 0 Å². The van der Waals surface area contributed by atoms with Crippen LogP contribution in [0.1, 0.15) is 19.4 Å². The van der Waals surface area contributed by atoms with Gasteiger partial charge in [-0.05, 0) is 33.0 Å². The van der Waals surface area contributed by atoms with Crippen LogP contribution in [-0.2, 0) is 6.54 Å². The molecule has 0 saturated heterocycles. The van der Waals surface area contributed by atoms with E-state index in [0.29, 0.717) is 24.3 Å². The number of halogens is 2. The summed E-state index contributed by atoms with van der Waals surface area (Å²) in [5.74, 6) is -1.27. The largest absolute Gasteiger partial charge is 0.389 e. The second kappa shape index (κ2) is 5.91. The minimum atomic E-state index is -0.845. The molecule has 0 saturated carbocycles. The average molecular weight is 295 g/mol. The van der Waals surface area contributed by atoms with Crippen LogP contribution in [-0.4, -0.2) is 39.4 Å². The quantitative estimate of drug-likeness (QED) is 0.891. The van der Waals surface area contributed by atoms with E-state index >= 15 is 0 Å². The minimum absolute atomic E-state index is 0.110. The predicted octanol–water partition coefficient (Wildman–Crippen LogP) is 2.56. The third-order valence-electron chi connectivity index (χ3n) is 3.03. The maximum absolute atomic E-state index is 13.9. The van der Waals surface area contributed by atoms with E-state index in [9.17, 15) is 13.9 Å². The van der Waals surface area contributed by atoms with Gasteiger partial charge in [0.05, 0.1) is 23.1 Å². The van der Waals surface area contributed by atoms with Crippen molar-refractivity contribution in [3.05, 3.63) is 41.6 Å². The molecule has 6 heteroatoms. The lowest BCUT2D eigenvalue weighted by molar-refractivity contribution is 0.0425. The highest BCUT2D eigenvalue weighted by Gasteiger charge is 2.20. The lowest BCUT2D eigenvalue weighted by Gasteiger charge is -2.25. The van der Waals surface area contributed by atoms with Crippen molar-refractivity contribution < 1.29 is 13.9 Å². The van der Waals surface area contributed by atoms with E-state index in [1.807, 2.05) is 11.9 Å². The molecule has 0 atom stereocenters. The first-order chi connectivity index (χ1) is 9.78. The third kappa shape index (κ3) is 3.86. The van der Waals surface area contributed by atoms with E-state index in [4.69, 9.17) is 0 Å². The number of hydrogen-bond acceptors (Lipinski definition) is 3.